The molecule has 56 valence electrons. The maximum Gasteiger partial charge on any atom is 0.315 e. The van der Waals surface area contributed by atoms with Gasteiger partial charge in [-0.3, -0.25) is 4.79 Å². The molecule has 0 amide bonds. The summed E-state index contributed by atoms with van der Waals surface area (Å²) in [5, 5.41) is 9.17. The third-order valence-electron chi connectivity index (χ3n) is 1.60. The van der Waals surface area contributed by atoms with Gasteiger partial charge in [-0.05, 0) is 0 Å². The molecule has 1 aliphatic rings. The zero-order valence-corrected chi connectivity index (χ0v) is 5.62. The molecule has 3 nitrogen and oxygen atoms in total. The summed E-state index contributed by atoms with van der Waals surface area (Å²) in [4.78, 5) is 10.8. The first-order valence-electron chi connectivity index (χ1n) is 3.23. The van der Waals surface area contributed by atoms with Crippen LogP contribution in [0.4, 0.5) is 0 Å². The molecule has 0 spiro atoms. The van der Waals surface area contributed by atoms with E-state index >= 15 is 0 Å². The largest absolute Gasteiger partial charge is 0.465 e. The Morgan fingerprint density at radius 3 is 2.90 bits per heavy atom. The molecular formula is C7H10O3. The van der Waals surface area contributed by atoms with Crippen molar-refractivity contribution in [1.82, 2.24) is 0 Å². The van der Waals surface area contributed by atoms with E-state index in [9.17, 15) is 4.79 Å². The second kappa shape index (κ2) is 2.84. The Balaban J connectivity index is 2.62. The molecule has 0 bridgehead atoms. The summed E-state index contributed by atoms with van der Waals surface area (Å²) >= 11 is 0. The van der Waals surface area contributed by atoms with Crippen molar-refractivity contribution >= 4 is 5.97 Å². The lowest BCUT2D eigenvalue weighted by Crippen LogP contribution is -2.34. The molecule has 0 radical (unpaired) electrons. The highest BCUT2D eigenvalue weighted by molar-refractivity contribution is 5.75. The number of esters is 1. The molecule has 3 heteroatoms. The normalized spacial score (nSPS) is 33.1. The second-order valence-corrected chi connectivity index (χ2v) is 2.29. The van der Waals surface area contributed by atoms with Gasteiger partial charge in [-0.2, -0.15) is 0 Å². The van der Waals surface area contributed by atoms with Crippen LogP contribution in [0.25, 0.3) is 0 Å². The van der Waals surface area contributed by atoms with Crippen molar-refractivity contribution < 1.29 is 14.6 Å². The number of hydrogen-bond donors (Lipinski definition) is 1. The van der Waals surface area contributed by atoms with Crippen LogP contribution >= 0.6 is 0 Å². The zero-order chi connectivity index (χ0) is 7.56. The molecule has 0 saturated carbocycles. The molecule has 1 aliphatic heterocycles. The summed E-state index contributed by atoms with van der Waals surface area (Å²) in [6.45, 7) is 3.75. The summed E-state index contributed by atoms with van der Waals surface area (Å²) in [6.07, 6.45) is 1.34. The molecule has 1 rings (SSSR count). The Labute approximate surface area is 59.3 Å². The molecular weight excluding hydrogens is 132 g/mol. The van der Waals surface area contributed by atoms with Crippen LogP contribution in [0.15, 0.2) is 12.7 Å². The molecule has 2 atom stereocenters. The first-order chi connectivity index (χ1) is 4.75. The van der Waals surface area contributed by atoms with Gasteiger partial charge in [0.15, 0.2) is 0 Å². The monoisotopic (exact) mass is 142 g/mol. The van der Waals surface area contributed by atoms with Gasteiger partial charge in [-0.1, -0.05) is 6.08 Å². The molecule has 10 heavy (non-hydrogen) atoms. The summed E-state index contributed by atoms with van der Waals surface area (Å²) < 4.78 is 4.68. The fraction of sp³-hybridized carbons (Fsp3) is 0.571. The van der Waals surface area contributed by atoms with Crippen LogP contribution in [-0.4, -0.2) is 23.8 Å². The van der Waals surface area contributed by atoms with Crippen molar-refractivity contribution in [3.05, 3.63) is 12.7 Å². The summed E-state index contributed by atoms with van der Waals surface area (Å²) in [7, 11) is 0. The van der Waals surface area contributed by atoms with E-state index in [2.05, 4.69) is 11.3 Å². The number of aliphatic hydroxyl groups is 1. The minimum absolute atomic E-state index is 0.324. The standard InChI is InChI=1S/C7H10O3/c1-2-5-6(8)3-4-10-7(5)9/h2,5-6,8H,1,3-4H2. The van der Waals surface area contributed by atoms with E-state index in [0.717, 1.165) is 0 Å². The Bertz CT molecular complexity index is 153. The smallest absolute Gasteiger partial charge is 0.315 e. The predicted molar refractivity (Wildman–Crippen MR) is 35.3 cm³/mol. The lowest BCUT2D eigenvalue weighted by molar-refractivity contribution is -0.157. The average Bonchev–Trinajstić information content (AvgIpc) is 1.88. The molecule has 0 aromatic heterocycles. The number of rotatable bonds is 1. The topological polar surface area (TPSA) is 46.5 Å². The van der Waals surface area contributed by atoms with Gasteiger partial charge in [0.1, 0.15) is 5.92 Å². The highest BCUT2D eigenvalue weighted by atomic mass is 16.5. The van der Waals surface area contributed by atoms with E-state index in [1.807, 2.05) is 0 Å². The van der Waals surface area contributed by atoms with Crippen LogP contribution < -0.4 is 0 Å². The van der Waals surface area contributed by atoms with E-state index in [4.69, 9.17) is 5.11 Å². The van der Waals surface area contributed by atoms with Gasteiger partial charge < -0.3 is 9.84 Å². The number of carbonyl (C=O) groups excluding carboxylic acids is 1. The predicted octanol–water partition coefficient (Wildman–Crippen LogP) is 0.0964. The first kappa shape index (κ1) is 7.28. The van der Waals surface area contributed by atoms with E-state index < -0.39 is 12.0 Å². The van der Waals surface area contributed by atoms with Gasteiger partial charge >= 0.3 is 5.97 Å². The number of aliphatic hydroxyl groups excluding tert-OH is 1. The van der Waals surface area contributed by atoms with Crippen molar-refractivity contribution in [2.45, 2.75) is 12.5 Å². The lowest BCUT2D eigenvalue weighted by Gasteiger charge is -2.23. The van der Waals surface area contributed by atoms with Gasteiger partial charge in [0.05, 0.1) is 12.7 Å². The van der Waals surface area contributed by atoms with E-state index in [0.29, 0.717) is 13.0 Å². The van der Waals surface area contributed by atoms with Gasteiger partial charge in [0.25, 0.3) is 0 Å². The maximum atomic E-state index is 10.8. The quantitative estimate of drug-likeness (QED) is 0.417. The Morgan fingerprint density at radius 1 is 1.80 bits per heavy atom. The van der Waals surface area contributed by atoms with Crippen LogP contribution in [-0.2, 0) is 9.53 Å². The third-order valence-corrected chi connectivity index (χ3v) is 1.60. The van der Waals surface area contributed by atoms with E-state index in [-0.39, 0.29) is 5.97 Å². The van der Waals surface area contributed by atoms with Gasteiger partial charge in [-0.15, -0.1) is 6.58 Å². The minimum atomic E-state index is -0.598. The van der Waals surface area contributed by atoms with Crippen LogP contribution in [0.1, 0.15) is 6.42 Å². The minimum Gasteiger partial charge on any atom is -0.465 e. The molecule has 1 heterocycles. The van der Waals surface area contributed by atoms with Gasteiger partial charge in [0.2, 0.25) is 0 Å². The van der Waals surface area contributed by atoms with Crippen LogP contribution in [0.2, 0.25) is 0 Å². The Hall–Kier alpha value is -0.830. The summed E-state index contributed by atoms with van der Waals surface area (Å²) in [6, 6.07) is 0. The molecule has 1 saturated heterocycles. The Kier molecular flexibility index (Phi) is 2.06. The highest BCUT2D eigenvalue weighted by Gasteiger charge is 2.29. The Morgan fingerprint density at radius 2 is 2.50 bits per heavy atom. The summed E-state index contributed by atoms with van der Waals surface area (Å²) in [5.41, 5.74) is 0. The number of cyclic esters (lactones) is 1. The van der Waals surface area contributed by atoms with Crippen LogP contribution in [0.5, 0.6) is 0 Å². The van der Waals surface area contributed by atoms with Gasteiger partial charge in [-0.25, -0.2) is 0 Å². The molecule has 0 aromatic carbocycles. The average molecular weight is 142 g/mol. The van der Waals surface area contributed by atoms with Crippen molar-refractivity contribution in [1.29, 1.82) is 0 Å². The lowest BCUT2D eigenvalue weighted by atomic mass is 9.98. The second-order valence-electron chi connectivity index (χ2n) is 2.29. The number of ether oxygens (including phenoxy) is 1. The van der Waals surface area contributed by atoms with Gasteiger partial charge in [0, 0.05) is 6.42 Å². The van der Waals surface area contributed by atoms with E-state index in [1.54, 1.807) is 0 Å². The third kappa shape index (κ3) is 1.19. The van der Waals surface area contributed by atoms with Crippen molar-refractivity contribution in [2.75, 3.05) is 6.61 Å². The molecule has 1 fully saturated rings. The fourth-order valence-corrected chi connectivity index (χ4v) is 0.966. The SMILES string of the molecule is C=CC1C(=O)OCCC1O. The number of hydrogen-bond acceptors (Lipinski definition) is 3. The maximum absolute atomic E-state index is 10.8. The van der Waals surface area contributed by atoms with Crippen LogP contribution in [0, 0.1) is 5.92 Å². The highest BCUT2D eigenvalue weighted by Crippen LogP contribution is 2.16. The summed E-state index contributed by atoms with van der Waals surface area (Å²) in [5.74, 6) is -0.887. The fourth-order valence-electron chi connectivity index (χ4n) is 0.966. The van der Waals surface area contributed by atoms with Crippen molar-refractivity contribution in [2.24, 2.45) is 5.92 Å². The van der Waals surface area contributed by atoms with E-state index in [1.165, 1.54) is 6.08 Å². The van der Waals surface area contributed by atoms with Crippen molar-refractivity contribution in [3.8, 4) is 0 Å². The number of carbonyl (C=O) groups is 1. The molecule has 0 aliphatic carbocycles. The molecule has 1 N–H and O–H groups in total. The van der Waals surface area contributed by atoms with Crippen LogP contribution in [0.3, 0.4) is 0 Å². The zero-order valence-electron chi connectivity index (χ0n) is 5.62. The molecule has 2 unspecified atom stereocenters. The molecule has 0 aromatic rings. The first-order valence-corrected chi connectivity index (χ1v) is 3.23. The van der Waals surface area contributed by atoms with Crippen molar-refractivity contribution in [3.63, 3.8) is 0 Å².